The third kappa shape index (κ3) is 8.15. The van der Waals surface area contributed by atoms with Gasteiger partial charge >= 0.3 is 0 Å². The van der Waals surface area contributed by atoms with Crippen molar-refractivity contribution in [1.82, 2.24) is 0 Å². The summed E-state index contributed by atoms with van der Waals surface area (Å²) < 4.78 is 5.53. The van der Waals surface area contributed by atoms with Gasteiger partial charge in [-0.25, -0.2) is 0 Å². The van der Waals surface area contributed by atoms with Gasteiger partial charge in [0.2, 0.25) is 0 Å². The van der Waals surface area contributed by atoms with Crippen molar-refractivity contribution in [3.8, 4) is 11.5 Å². The molecular formula is C21H26O4. The lowest BCUT2D eigenvalue weighted by molar-refractivity contribution is 0.100. The normalized spacial score (nSPS) is 9.72. The molecule has 1 N–H and O–H groups in total. The van der Waals surface area contributed by atoms with Gasteiger partial charge < -0.3 is 9.84 Å². The highest BCUT2D eigenvalue weighted by Crippen LogP contribution is 2.13. The van der Waals surface area contributed by atoms with Crippen molar-refractivity contribution in [3.63, 3.8) is 0 Å². The second-order valence-corrected chi connectivity index (χ2v) is 5.74. The average molecular weight is 342 g/mol. The summed E-state index contributed by atoms with van der Waals surface area (Å²) in [5.41, 5.74) is 1.36. The van der Waals surface area contributed by atoms with Crippen molar-refractivity contribution >= 4 is 11.6 Å². The summed E-state index contributed by atoms with van der Waals surface area (Å²) in [5, 5.41) is 8.83. The lowest BCUT2D eigenvalue weighted by atomic mass is 10.1. The molecule has 25 heavy (non-hydrogen) atoms. The molecule has 0 atom stereocenters. The van der Waals surface area contributed by atoms with E-state index in [4.69, 9.17) is 9.84 Å². The molecule has 0 amide bonds. The van der Waals surface area contributed by atoms with Crippen LogP contribution in [-0.4, -0.2) is 23.3 Å². The first kappa shape index (κ1) is 20.4. The van der Waals surface area contributed by atoms with E-state index in [1.807, 2.05) is 12.1 Å². The Labute approximate surface area is 149 Å². The van der Waals surface area contributed by atoms with Crippen molar-refractivity contribution in [2.45, 2.75) is 40.0 Å². The molecule has 0 saturated carbocycles. The minimum absolute atomic E-state index is 0.0139. The van der Waals surface area contributed by atoms with Crippen LogP contribution in [0.25, 0.3) is 0 Å². The molecule has 0 aliphatic heterocycles. The number of ether oxygens (including phenoxy) is 1. The van der Waals surface area contributed by atoms with E-state index in [1.165, 1.54) is 31.9 Å². The zero-order valence-electron chi connectivity index (χ0n) is 15.1. The highest BCUT2D eigenvalue weighted by Gasteiger charge is 1.99. The maximum absolute atomic E-state index is 11.0. The fourth-order valence-corrected chi connectivity index (χ4v) is 2.02. The molecule has 0 aliphatic rings. The molecule has 0 bridgehead atoms. The van der Waals surface area contributed by atoms with E-state index in [2.05, 4.69) is 6.92 Å². The van der Waals surface area contributed by atoms with Crippen LogP contribution in [0, 0.1) is 0 Å². The molecular weight excluding hydrogens is 316 g/mol. The third-order valence-electron chi connectivity index (χ3n) is 3.55. The monoisotopic (exact) mass is 342 g/mol. The SMILES string of the molecule is CC(=O)c1ccc(O)cc1.CCCCCOc1ccc(C(C)=O)cc1. The summed E-state index contributed by atoms with van der Waals surface area (Å²) in [6.45, 7) is 5.98. The van der Waals surface area contributed by atoms with E-state index in [1.54, 1.807) is 31.2 Å². The largest absolute Gasteiger partial charge is 0.508 e. The Morgan fingerprint density at radius 3 is 1.76 bits per heavy atom. The fourth-order valence-electron chi connectivity index (χ4n) is 2.02. The summed E-state index contributed by atoms with van der Waals surface area (Å²) >= 11 is 0. The fraction of sp³-hybridized carbons (Fsp3) is 0.333. The van der Waals surface area contributed by atoms with Gasteiger partial charge in [-0.15, -0.1) is 0 Å². The number of hydrogen-bond donors (Lipinski definition) is 1. The van der Waals surface area contributed by atoms with E-state index in [0.29, 0.717) is 5.56 Å². The number of carbonyl (C=O) groups excluding carboxylic acids is 2. The molecule has 0 fully saturated rings. The minimum Gasteiger partial charge on any atom is -0.508 e. The number of aromatic hydroxyl groups is 1. The molecule has 0 aromatic heterocycles. The molecule has 0 spiro atoms. The molecule has 0 unspecified atom stereocenters. The molecule has 4 heteroatoms. The summed E-state index contributed by atoms with van der Waals surface area (Å²) in [6, 6.07) is 13.5. The lowest BCUT2D eigenvalue weighted by Gasteiger charge is -2.05. The van der Waals surface area contributed by atoms with Crippen LogP contribution >= 0.6 is 0 Å². The summed E-state index contributed by atoms with van der Waals surface area (Å²) in [5.74, 6) is 1.13. The molecule has 4 nitrogen and oxygen atoms in total. The minimum atomic E-state index is 0.0139. The van der Waals surface area contributed by atoms with E-state index in [0.717, 1.165) is 24.3 Å². The van der Waals surface area contributed by atoms with Crippen LogP contribution < -0.4 is 4.74 Å². The predicted octanol–water partition coefficient (Wildman–Crippen LogP) is 5.05. The Hall–Kier alpha value is -2.62. The first-order chi connectivity index (χ1) is 11.9. The Morgan fingerprint density at radius 1 is 0.840 bits per heavy atom. The average Bonchev–Trinajstić information content (AvgIpc) is 2.60. The van der Waals surface area contributed by atoms with Crippen LogP contribution in [0.3, 0.4) is 0 Å². The van der Waals surface area contributed by atoms with E-state index >= 15 is 0 Å². The zero-order valence-corrected chi connectivity index (χ0v) is 15.1. The molecule has 2 aromatic rings. The number of Topliss-reactive ketones (excluding diaryl/α,β-unsaturated/α-hetero) is 2. The van der Waals surface area contributed by atoms with Crippen LogP contribution in [0.15, 0.2) is 48.5 Å². The number of unbranched alkanes of at least 4 members (excludes halogenated alkanes) is 2. The molecule has 134 valence electrons. The standard InChI is InChI=1S/C13H18O2.C8H8O2/c1-3-4-5-10-15-13-8-6-12(7-9-13)11(2)14;1-6(9)7-2-4-8(10)5-3-7/h6-9H,3-5,10H2,1-2H3;2-5,10H,1H3. The second kappa shape index (κ2) is 11.0. The van der Waals surface area contributed by atoms with Crippen LogP contribution in [0.5, 0.6) is 11.5 Å². The van der Waals surface area contributed by atoms with Crippen LogP contribution in [-0.2, 0) is 0 Å². The number of rotatable bonds is 7. The molecule has 0 radical (unpaired) electrons. The number of benzene rings is 2. The Balaban J connectivity index is 0.000000271. The van der Waals surface area contributed by atoms with Crippen LogP contribution in [0.4, 0.5) is 0 Å². The molecule has 0 aliphatic carbocycles. The first-order valence-electron chi connectivity index (χ1n) is 8.47. The van der Waals surface area contributed by atoms with Gasteiger partial charge in [-0.1, -0.05) is 19.8 Å². The molecule has 2 rings (SSSR count). The molecule has 0 saturated heterocycles. The van der Waals surface area contributed by atoms with Crippen LogP contribution in [0.2, 0.25) is 0 Å². The maximum atomic E-state index is 11.0. The van der Waals surface area contributed by atoms with Crippen molar-refractivity contribution in [1.29, 1.82) is 0 Å². The quantitative estimate of drug-likeness (QED) is 0.565. The number of hydrogen-bond acceptors (Lipinski definition) is 4. The third-order valence-corrected chi connectivity index (χ3v) is 3.55. The topological polar surface area (TPSA) is 63.6 Å². The van der Waals surface area contributed by atoms with Gasteiger partial charge in [0, 0.05) is 11.1 Å². The van der Waals surface area contributed by atoms with E-state index < -0.39 is 0 Å². The number of carbonyl (C=O) groups is 2. The van der Waals surface area contributed by atoms with Crippen molar-refractivity contribution < 1.29 is 19.4 Å². The Bertz CT molecular complexity index is 657. The summed E-state index contributed by atoms with van der Waals surface area (Å²) in [6.07, 6.45) is 3.49. The molecule has 0 heterocycles. The maximum Gasteiger partial charge on any atom is 0.159 e. The number of phenols is 1. The predicted molar refractivity (Wildman–Crippen MR) is 99.6 cm³/mol. The Kier molecular flexibility index (Phi) is 9.01. The smallest absolute Gasteiger partial charge is 0.159 e. The van der Waals surface area contributed by atoms with E-state index in [-0.39, 0.29) is 17.3 Å². The zero-order chi connectivity index (χ0) is 18.7. The lowest BCUT2D eigenvalue weighted by Crippen LogP contribution is -1.97. The van der Waals surface area contributed by atoms with Gasteiger partial charge in [0.25, 0.3) is 0 Å². The molecule has 2 aromatic carbocycles. The van der Waals surface area contributed by atoms with Crippen LogP contribution in [0.1, 0.15) is 60.7 Å². The van der Waals surface area contributed by atoms with Gasteiger partial charge in [-0.2, -0.15) is 0 Å². The number of ketones is 2. The van der Waals surface area contributed by atoms with Gasteiger partial charge in [-0.3, -0.25) is 9.59 Å². The summed E-state index contributed by atoms with van der Waals surface area (Å²) in [7, 11) is 0. The van der Waals surface area contributed by atoms with Gasteiger partial charge in [0.1, 0.15) is 11.5 Å². The van der Waals surface area contributed by atoms with Crippen molar-refractivity contribution in [2.24, 2.45) is 0 Å². The highest BCUT2D eigenvalue weighted by molar-refractivity contribution is 5.94. The first-order valence-corrected chi connectivity index (χ1v) is 8.47. The van der Waals surface area contributed by atoms with Crippen molar-refractivity contribution in [2.75, 3.05) is 6.61 Å². The van der Waals surface area contributed by atoms with Gasteiger partial charge in [0.05, 0.1) is 6.61 Å². The van der Waals surface area contributed by atoms with E-state index in [9.17, 15) is 9.59 Å². The number of phenolic OH excluding ortho intramolecular Hbond substituents is 1. The summed E-state index contributed by atoms with van der Waals surface area (Å²) in [4.78, 5) is 21.7. The second-order valence-electron chi connectivity index (χ2n) is 5.74. The van der Waals surface area contributed by atoms with Gasteiger partial charge in [0.15, 0.2) is 11.6 Å². The van der Waals surface area contributed by atoms with Crippen molar-refractivity contribution in [3.05, 3.63) is 59.7 Å². The van der Waals surface area contributed by atoms with Gasteiger partial charge in [-0.05, 0) is 68.8 Å². The Morgan fingerprint density at radius 2 is 1.32 bits per heavy atom. The highest BCUT2D eigenvalue weighted by atomic mass is 16.5.